The molecule has 82 valence electrons. The quantitative estimate of drug-likeness (QED) is 0.611. The maximum absolute atomic E-state index is 10.6. The number of ether oxygens (including phenoxy) is 2. The molecule has 0 aliphatic heterocycles. The van der Waals surface area contributed by atoms with Gasteiger partial charge in [0.15, 0.2) is 0 Å². The van der Waals surface area contributed by atoms with E-state index in [4.69, 9.17) is 0 Å². The van der Waals surface area contributed by atoms with Crippen LogP contribution in [-0.2, 0) is 9.59 Å². The molecular weight excluding hydrogens is 206 g/mol. The Morgan fingerprint density at radius 2 is 1.33 bits per heavy atom. The maximum Gasteiger partial charge on any atom is 0.308 e. The van der Waals surface area contributed by atoms with Gasteiger partial charge in [-0.15, -0.1) is 0 Å². The standard InChI is InChI=1S/C8H9NO6/c1-3(10)14-5-6(15-4(2)11)8(13)9-7(5)12/h9,12-13H,1-2H3. The summed E-state index contributed by atoms with van der Waals surface area (Å²) in [5, 5.41) is 18.4. The van der Waals surface area contributed by atoms with Crippen LogP contribution in [0, 0.1) is 0 Å². The third-order valence-corrected chi connectivity index (χ3v) is 1.36. The van der Waals surface area contributed by atoms with Crippen molar-refractivity contribution in [3.63, 3.8) is 0 Å². The Morgan fingerprint density at radius 1 is 1.00 bits per heavy atom. The molecule has 1 aromatic heterocycles. The lowest BCUT2D eigenvalue weighted by Gasteiger charge is -2.02. The van der Waals surface area contributed by atoms with E-state index in [9.17, 15) is 19.8 Å². The number of esters is 2. The van der Waals surface area contributed by atoms with Gasteiger partial charge in [0.05, 0.1) is 0 Å². The minimum atomic E-state index is -0.724. The Kier molecular flexibility index (Phi) is 2.84. The highest BCUT2D eigenvalue weighted by atomic mass is 16.6. The topological polar surface area (TPSA) is 109 Å². The Hall–Kier alpha value is -2.18. The molecule has 0 spiro atoms. The fraction of sp³-hybridized carbons (Fsp3) is 0.250. The molecule has 0 aromatic carbocycles. The SMILES string of the molecule is CC(=O)Oc1c(O)[nH]c(O)c1OC(C)=O. The third-order valence-electron chi connectivity index (χ3n) is 1.36. The van der Waals surface area contributed by atoms with Gasteiger partial charge < -0.3 is 19.7 Å². The summed E-state index contributed by atoms with van der Waals surface area (Å²) < 4.78 is 9.08. The van der Waals surface area contributed by atoms with Gasteiger partial charge in [-0.05, 0) is 0 Å². The lowest BCUT2D eigenvalue weighted by Crippen LogP contribution is -2.05. The number of hydrogen-bond acceptors (Lipinski definition) is 6. The molecule has 3 N–H and O–H groups in total. The minimum Gasteiger partial charge on any atom is -0.492 e. The maximum atomic E-state index is 10.6. The fourth-order valence-electron chi connectivity index (χ4n) is 0.918. The lowest BCUT2D eigenvalue weighted by atomic mass is 10.5. The van der Waals surface area contributed by atoms with Crippen LogP contribution in [-0.4, -0.2) is 27.1 Å². The smallest absolute Gasteiger partial charge is 0.308 e. The van der Waals surface area contributed by atoms with Gasteiger partial charge in [0, 0.05) is 13.8 Å². The number of carbonyl (C=O) groups is 2. The number of aromatic nitrogens is 1. The number of hydrogen-bond donors (Lipinski definition) is 3. The molecule has 0 aliphatic carbocycles. The summed E-state index contributed by atoms with van der Waals surface area (Å²) in [4.78, 5) is 23.3. The van der Waals surface area contributed by atoms with E-state index in [1.54, 1.807) is 0 Å². The molecule has 15 heavy (non-hydrogen) atoms. The highest BCUT2D eigenvalue weighted by Crippen LogP contribution is 2.43. The van der Waals surface area contributed by atoms with Gasteiger partial charge in [0.1, 0.15) is 0 Å². The second-order valence-corrected chi connectivity index (χ2v) is 2.67. The summed E-state index contributed by atoms with van der Waals surface area (Å²) in [6, 6.07) is 0. The highest BCUT2D eigenvalue weighted by molar-refractivity contribution is 5.76. The largest absolute Gasteiger partial charge is 0.492 e. The molecule has 1 heterocycles. The summed E-state index contributed by atoms with van der Waals surface area (Å²) in [7, 11) is 0. The first-order valence-electron chi connectivity index (χ1n) is 3.92. The first kappa shape index (κ1) is 10.9. The average molecular weight is 215 g/mol. The van der Waals surface area contributed by atoms with Gasteiger partial charge in [0.2, 0.25) is 23.3 Å². The first-order chi connectivity index (χ1) is 6.91. The lowest BCUT2D eigenvalue weighted by molar-refractivity contribution is -0.134. The zero-order chi connectivity index (χ0) is 11.6. The monoisotopic (exact) mass is 215 g/mol. The van der Waals surface area contributed by atoms with Crippen LogP contribution in [0.15, 0.2) is 0 Å². The van der Waals surface area contributed by atoms with E-state index in [2.05, 4.69) is 9.47 Å². The van der Waals surface area contributed by atoms with E-state index in [-0.39, 0.29) is 0 Å². The number of aromatic amines is 1. The van der Waals surface area contributed by atoms with Gasteiger partial charge in [0.25, 0.3) is 0 Å². The minimum absolute atomic E-state index is 0.421. The van der Waals surface area contributed by atoms with E-state index in [1.165, 1.54) is 0 Å². The van der Waals surface area contributed by atoms with Gasteiger partial charge in [-0.2, -0.15) is 0 Å². The van der Waals surface area contributed by atoms with E-state index < -0.39 is 35.2 Å². The van der Waals surface area contributed by atoms with Crippen LogP contribution >= 0.6 is 0 Å². The number of nitrogens with one attached hydrogen (secondary N) is 1. The van der Waals surface area contributed by atoms with Crippen molar-refractivity contribution in [2.24, 2.45) is 0 Å². The summed E-state index contributed by atoms with van der Waals surface area (Å²) in [6.07, 6.45) is 0. The number of rotatable bonds is 2. The zero-order valence-electron chi connectivity index (χ0n) is 8.03. The molecule has 7 heteroatoms. The van der Waals surface area contributed by atoms with E-state index in [1.807, 2.05) is 4.98 Å². The molecule has 1 rings (SSSR count). The van der Waals surface area contributed by atoms with Crippen LogP contribution in [0.1, 0.15) is 13.8 Å². The Balaban J connectivity index is 3.10. The molecule has 0 fully saturated rings. The average Bonchev–Trinajstić information content (AvgIpc) is 2.30. The fourth-order valence-corrected chi connectivity index (χ4v) is 0.918. The van der Waals surface area contributed by atoms with Crippen LogP contribution in [0.5, 0.6) is 23.3 Å². The molecule has 0 bridgehead atoms. The van der Waals surface area contributed by atoms with Crippen molar-refractivity contribution in [3.8, 4) is 23.3 Å². The van der Waals surface area contributed by atoms with Crippen molar-refractivity contribution in [1.82, 2.24) is 4.98 Å². The van der Waals surface area contributed by atoms with Crippen molar-refractivity contribution in [2.45, 2.75) is 13.8 Å². The van der Waals surface area contributed by atoms with Crippen molar-refractivity contribution >= 4 is 11.9 Å². The normalized spacial score (nSPS) is 9.73. The summed E-state index contributed by atoms with van der Waals surface area (Å²) in [6.45, 7) is 2.20. The molecular formula is C8H9NO6. The van der Waals surface area contributed by atoms with Crippen LogP contribution in [0.2, 0.25) is 0 Å². The Labute approximate surface area is 84.2 Å². The van der Waals surface area contributed by atoms with Crippen LogP contribution in [0.25, 0.3) is 0 Å². The van der Waals surface area contributed by atoms with E-state index in [0.717, 1.165) is 13.8 Å². The summed E-state index contributed by atoms with van der Waals surface area (Å²) >= 11 is 0. The molecule has 7 nitrogen and oxygen atoms in total. The van der Waals surface area contributed by atoms with Crippen molar-refractivity contribution in [1.29, 1.82) is 0 Å². The molecule has 0 atom stereocenters. The second kappa shape index (κ2) is 3.91. The van der Waals surface area contributed by atoms with Crippen LogP contribution < -0.4 is 9.47 Å². The van der Waals surface area contributed by atoms with Crippen molar-refractivity contribution in [3.05, 3.63) is 0 Å². The molecule has 0 amide bonds. The van der Waals surface area contributed by atoms with Gasteiger partial charge in [-0.1, -0.05) is 0 Å². The van der Waals surface area contributed by atoms with Gasteiger partial charge in [-0.3, -0.25) is 14.6 Å². The first-order valence-corrected chi connectivity index (χ1v) is 3.92. The molecule has 0 unspecified atom stereocenters. The van der Waals surface area contributed by atoms with Crippen LogP contribution in [0.3, 0.4) is 0 Å². The number of carbonyl (C=O) groups excluding carboxylic acids is 2. The molecule has 0 radical (unpaired) electrons. The Morgan fingerprint density at radius 3 is 1.60 bits per heavy atom. The number of H-pyrrole nitrogens is 1. The van der Waals surface area contributed by atoms with Crippen molar-refractivity contribution in [2.75, 3.05) is 0 Å². The van der Waals surface area contributed by atoms with Gasteiger partial charge >= 0.3 is 11.9 Å². The van der Waals surface area contributed by atoms with Crippen LogP contribution in [0.4, 0.5) is 0 Å². The number of aromatic hydroxyl groups is 2. The zero-order valence-corrected chi connectivity index (χ0v) is 8.03. The second-order valence-electron chi connectivity index (χ2n) is 2.67. The molecule has 0 saturated carbocycles. The van der Waals surface area contributed by atoms with E-state index in [0.29, 0.717) is 0 Å². The molecule has 0 saturated heterocycles. The van der Waals surface area contributed by atoms with Crippen molar-refractivity contribution < 1.29 is 29.3 Å². The molecule has 0 aliphatic rings. The summed E-state index contributed by atoms with van der Waals surface area (Å²) in [5.74, 6) is -3.49. The Bertz CT molecular complexity index is 371. The molecule has 1 aromatic rings. The predicted molar refractivity (Wildman–Crippen MR) is 46.7 cm³/mol. The summed E-state index contributed by atoms with van der Waals surface area (Å²) in [5.41, 5.74) is 0. The predicted octanol–water partition coefficient (Wildman–Crippen LogP) is 0.276. The highest BCUT2D eigenvalue weighted by Gasteiger charge is 2.23. The van der Waals surface area contributed by atoms with Gasteiger partial charge in [-0.25, -0.2) is 0 Å². The third kappa shape index (κ3) is 2.39. The van der Waals surface area contributed by atoms with E-state index >= 15 is 0 Å².